The van der Waals surface area contributed by atoms with Crippen LogP contribution in [0.25, 0.3) is 32.7 Å². The minimum Gasteiger partial charge on any atom is -0.507 e. The number of unbranched alkanes of at least 4 members (excludes halogenated alkanes) is 2. The van der Waals surface area contributed by atoms with Crippen molar-refractivity contribution in [2.45, 2.75) is 64.5 Å². The summed E-state index contributed by atoms with van der Waals surface area (Å²) in [4.78, 5) is 32.2. The second kappa shape index (κ2) is 13.8. The number of carboxylic acid groups (broad SMARTS) is 2. The van der Waals surface area contributed by atoms with Crippen molar-refractivity contribution in [2.75, 3.05) is 0 Å². The van der Waals surface area contributed by atoms with E-state index in [1.165, 1.54) is 12.4 Å². The van der Waals surface area contributed by atoms with Crippen LogP contribution in [0.5, 0.6) is 11.5 Å². The van der Waals surface area contributed by atoms with Crippen molar-refractivity contribution in [2.24, 2.45) is 9.98 Å². The van der Waals surface area contributed by atoms with Crippen LogP contribution in [-0.4, -0.2) is 56.9 Å². The molecule has 0 heterocycles. The van der Waals surface area contributed by atoms with Gasteiger partial charge in [0.1, 0.15) is 23.6 Å². The molecule has 0 amide bonds. The number of carboxylic acids is 2. The lowest BCUT2D eigenvalue weighted by molar-refractivity contribution is -0.139. The molecular formula is C34H36N2O6. The quantitative estimate of drug-likeness (QED) is 0.126. The van der Waals surface area contributed by atoms with E-state index >= 15 is 0 Å². The summed E-state index contributed by atoms with van der Waals surface area (Å²) in [6, 6.07) is 16.4. The summed E-state index contributed by atoms with van der Waals surface area (Å²) in [6.45, 7) is 3.96. The Bertz CT molecular complexity index is 1540. The van der Waals surface area contributed by atoms with Crippen molar-refractivity contribution in [3.05, 3.63) is 71.8 Å². The zero-order chi connectivity index (χ0) is 30.2. The maximum atomic E-state index is 11.8. The van der Waals surface area contributed by atoms with Crippen molar-refractivity contribution in [3.63, 3.8) is 0 Å². The number of phenolic OH excluding ortho intramolecular Hbond substituents is 2. The summed E-state index contributed by atoms with van der Waals surface area (Å²) in [5, 5.41) is 45.5. The number of aliphatic carboxylic acids is 2. The van der Waals surface area contributed by atoms with Gasteiger partial charge in [0.2, 0.25) is 0 Å². The van der Waals surface area contributed by atoms with E-state index in [1.807, 2.05) is 62.4 Å². The second-order valence-electron chi connectivity index (χ2n) is 10.4. The number of phenols is 2. The Morgan fingerprint density at radius 2 is 1.07 bits per heavy atom. The molecule has 4 aromatic carbocycles. The average Bonchev–Trinajstić information content (AvgIpc) is 2.98. The smallest absolute Gasteiger partial charge is 0.328 e. The van der Waals surface area contributed by atoms with Gasteiger partial charge in [-0.15, -0.1) is 0 Å². The Kier molecular flexibility index (Phi) is 9.91. The number of fused-ring (bicyclic) bond motifs is 2. The van der Waals surface area contributed by atoms with Crippen molar-refractivity contribution in [1.29, 1.82) is 0 Å². The number of carbonyl (C=O) groups is 2. The predicted octanol–water partition coefficient (Wildman–Crippen LogP) is 7.20. The van der Waals surface area contributed by atoms with Crippen LogP contribution < -0.4 is 0 Å². The molecule has 4 rings (SSSR count). The third-order valence-electron chi connectivity index (χ3n) is 7.37. The van der Waals surface area contributed by atoms with Gasteiger partial charge in [-0.05, 0) is 46.5 Å². The summed E-state index contributed by atoms with van der Waals surface area (Å²) in [5.74, 6) is -2.38. The fourth-order valence-corrected chi connectivity index (χ4v) is 5.08. The molecule has 0 fully saturated rings. The van der Waals surface area contributed by atoms with Crippen LogP contribution in [0.3, 0.4) is 0 Å². The van der Waals surface area contributed by atoms with E-state index in [9.17, 15) is 30.0 Å². The summed E-state index contributed by atoms with van der Waals surface area (Å²) in [5.41, 5.74) is 1.36. The Labute approximate surface area is 244 Å². The normalized spacial score (nSPS) is 13.3. The van der Waals surface area contributed by atoms with Gasteiger partial charge in [0, 0.05) is 34.7 Å². The number of hydrogen-bond donors (Lipinski definition) is 4. The van der Waals surface area contributed by atoms with E-state index in [4.69, 9.17) is 0 Å². The highest BCUT2D eigenvalue weighted by molar-refractivity contribution is 6.14. The van der Waals surface area contributed by atoms with Crippen molar-refractivity contribution >= 4 is 45.9 Å². The topological polar surface area (TPSA) is 140 Å². The molecule has 42 heavy (non-hydrogen) atoms. The van der Waals surface area contributed by atoms with Gasteiger partial charge >= 0.3 is 11.9 Å². The van der Waals surface area contributed by atoms with E-state index in [0.717, 1.165) is 23.6 Å². The highest BCUT2D eigenvalue weighted by Crippen LogP contribution is 2.47. The highest BCUT2D eigenvalue weighted by Gasteiger charge is 2.22. The largest absolute Gasteiger partial charge is 0.507 e. The fraction of sp³-hybridized carbons (Fsp3) is 0.294. The monoisotopic (exact) mass is 568 g/mol. The number of rotatable bonds is 13. The van der Waals surface area contributed by atoms with Crippen LogP contribution in [0.4, 0.5) is 0 Å². The molecule has 0 aliphatic carbocycles. The zero-order valence-corrected chi connectivity index (χ0v) is 23.8. The SMILES string of the molecule is CCCC[C@H](N=Cc1cc2ccccc2c(-c2c(O)c(C=N[C@@H](CCCC)C(=O)O)cc3ccccc23)c1O)C(=O)O. The van der Waals surface area contributed by atoms with Gasteiger partial charge in [-0.25, -0.2) is 9.59 Å². The molecule has 8 heteroatoms. The molecule has 0 aliphatic rings. The number of aliphatic imine (C=N–C) groups is 2. The van der Waals surface area contributed by atoms with Gasteiger partial charge in [0.15, 0.2) is 0 Å². The highest BCUT2D eigenvalue weighted by atomic mass is 16.4. The summed E-state index contributed by atoms with van der Waals surface area (Å²) >= 11 is 0. The summed E-state index contributed by atoms with van der Waals surface area (Å²) in [6.07, 6.45) is 6.62. The molecule has 0 radical (unpaired) electrons. The minimum atomic E-state index is -1.03. The molecule has 0 aliphatic heterocycles. The standard InChI is InChI=1S/C34H36N2O6/c1-3-5-15-27(33(39)40)35-19-23-17-21-11-7-9-13-25(21)29(31(23)37)30-26-14-10-8-12-22(26)18-24(32(30)38)20-36-28(34(41)42)16-6-4-2/h7-14,17-20,27-28,37-38H,3-6,15-16H2,1-2H3,(H,39,40)(H,41,42)/t27-,28-/m0/s1. The van der Waals surface area contributed by atoms with Crippen molar-refractivity contribution < 1.29 is 30.0 Å². The maximum Gasteiger partial charge on any atom is 0.328 e. The van der Waals surface area contributed by atoms with Crippen LogP contribution in [0.15, 0.2) is 70.6 Å². The van der Waals surface area contributed by atoms with Gasteiger partial charge < -0.3 is 20.4 Å². The lowest BCUT2D eigenvalue weighted by atomic mass is 9.89. The van der Waals surface area contributed by atoms with Gasteiger partial charge in [-0.1, -0.05) is 88.1 Å². The van der Waals surface area contributed by atoms with Gasteiger partial charge in [0.25, 0.3) is 0 Å². The fourth-order valence-electron chi connectivity index (χ4n) is 5.08. The predicted molar refractivity (Wildman–Crippen MR) is 167 cm³/mol. The third kappa shape index (κ3) is 6.60. The van der Waals surface area contributed by atoms with Crippen LogP contribution >= 0.6 is 0 Å². The van der Waals surface area contributed by atoms with Gasteiger partial charge in [0.05, 0.1) is 0 Å². The minimum absolute atomic E-state index is 0.155. The molecule has 0 aromatic heterocycles. The van der Waals surface area contributed by atoms with E-state index < -0.39 is 24.0 Å². The zero-order valence-electron chi connectivity index (χ0n) is 23.8. The molecule has 0 saturated heterocycles. The maximum absolute atomic E-state index is 11.8. The number of aromatic hydroxyl groups is 2. The lowest BCUT2D eigenvalue weighted by Gasteiger charge is -2.17. The molecule has 4 N–H and O–H groups in total. The lowest BCUT2D eigenvalue weighted by Crippen LogP contribution is -2.18. The third-order valence-corrected chi connectivity index (χ3v) is 7.37. The molecule has 0 saturated carbocycles. The number of benzene rings is 4. The molecule has 0 bridgehead atoms. The van der Waals surface area contributed by atoms with E-state index in [-0.39, 0.29) is 11.5 Å². The first-order chi connectivity index (χ1) is 20.3. The molecule has 2 atom stereocenters. The first-order valence-electron chi connectivity index (χ1n) is 14.3. The van der Waals surface area contributed by atoms with Gasteiger partial charge in [-0.3, -0.25) is 9.98 Å². The Hall–Kier alpha value is -4.72. The van der Waals surface area contributed by atoms with Crippen molar-refractivity contribution in [3.8, 4) is 22.6 Å². The summed E-state index contributed by atoms with van der Waals surface area (Å²) in [7, 11) is 0. The average molecular weight is 569 g/mol. The molecule has 0 spiro atoms. The molecule has 218 valence electrons. The second-order valence-corrected chi connectivity index (χ2v) is 10.4. The Morgan fingerprint density at radius 1 is 0.690 bits per heavy atom. The van der Waals surface area contributed by atoms with Crippen LogP contribution in [0.1, 0.15) is 63.5 Å². The van der Waals surface area contributed by atoms with E-state index in [2.05, 4.69) is 9.98 Å². The summed E-state index contributed by atoms with van der Waals surface area (Å²) < 4.78 is 0. The van der Waals surface area contributed by atoms with E-state index in [0.29, 0.717) is 58.7 Å². The molecule has 4 aromatic rings. The Morgan fingerprint density at radius 3 is 1.43 bits per heavy atom. The van der Waals surface area contributed by atoms with Crippen LogP contribution in [-0.2, 0) is 9.59 Å². The first kappa shape index (κ1) is 30.2. The molecule has 8 nitrogen and oxygen atoms in total. The number of hydrogen-bond acceptors (Lipinski definition) is 6. The van der Waals surface area contributed by atoms with Crippen LogP contribution in [0.2, 0.25) is 0 Å². The molecular weight excluding hydrogens is 532 g/mol. The van der Waals surface area contributed by atoms with E-state index in [1.54, 1.807) is 12.1 Å². The van der Waals surface area contributed by atoms with Crippen LogP contribution in [0, 0.1) is 0 Å². The first-order valence-corrected chi connectivity index (χ1v) is 14.3. The molecule has 0 unspecified atom stereocenters. The van der Waals surface area contributed by atoms with Crippen molar-refractivity contribution in [1.82, 2.24) is 0 Å². The van der Waals surface area contributed by atoms with Gasteiger partial charge in [-0.2, -0.15) is 0 Å². The number of nitrogens with zero attached hydrogens (tertiary/aromatic N) is 2. The Balaban J connectivity index is 1.95.